The monoisotopic (exact) mass is 349 g/mol. The topological polar surface area (TPSA) is 94.0 Å². The largest absolute Gasteiger partial charge is 0.479 e. The lowest BCUT2D eigenvalue weighted by molar-refractivity contribution is -0.158. The van der Waals surface area contributed by atoms with Crippen molar-refractivity contribution in [3.63, 3.8) is 0 Å². The Kier molecular flexibility index (Phi) is 6.36. The van der Waals surface area contributed by atoms with Crippen LogP contribution in [0.15, 0.2) is 24.4 Å². The number of hydrogen-bond donors (Lipinski definition) is 2. The Hall–Kier alpha value is -2.15. The van der Waals surface area contributed by atoms with Crippen molar-refractivity contribution in [2.24, 2.45) is 11.8 Å². The summed E-state index contributed by atoms with van der Waals surface area (Å²) in [6, 6.07) is 5.63. The van der Waals surface area contributed by atoms with Gasteiger partial charge in [-0.3, -0.25) is 4.79 Å². The van der Waals surface area contributed by atoms with Gasteiger partial charge in [-0.25, -0.2) is 9.78 Å². The van der Waals surface area contributed by atoms with Gasteiger partial charge < -0.3 is 20.0 Å². The summed E-state index contributed by atoms with van der Waals surface area (Å²) in [4.78, 5) is 32.2. The number of carboxylic acids is 1. The van der Waals surface area contributed by atoms with Crippen molar-refractivity contribution in [1.29, 1.82) is 0 Å². The highest BCUT2D eigenvalue weighted by Crippen LogP contribution is 2.23. The van der Waals surface area contributed by atoms with E-state index in [-0.39, 0.29) is 17.9 Å². The smallest absolute Gasteiger partial charge is 0.333 e. The zero-order valence-corrected chi connectivity index (χ0v) is 15.0. The lowest BCUT2D eigenvalue weighted by atomic mass is 9.90. The highest BCUT2D eigenvalue weighted by Gasteiger charge is 2.38. The summed E-state index contributed by atoms with van der Waals surface area (Å²) in [5.74, 6) is -1.56. The van der Waals surface area contributed by atoms with E-state index in [0.717, 1.165) is 5.82 Å². The van der Waals surface area contributed by atoms with Gasteiger partial charge in [0.25, 0.3) is 0 Å². The van der Waals surface area contributed by atoms with Gasteiger partial charge in [-0.2, -0.15) is 0 Å². The van der Waals surface area contributed by atoms with Crippen LogP contribution in [0.25, 0.3) is 0 Å². The van der Waals surface area contributed by atoms with Crippen molar-refractivity contribution >= 4 is 17.7 Å². The fourth-order valence-electron chi connectivity index (χ4n) is 3.29. The first-order valence-electron chi connectivity index (χ1n) is 8.68. The number of aromatic nitrogens is 1. The van der Waals surface area contributed by atoms with Gasteiger partial charge in [-0.05, 0) is 31.4 Å². The second kappa shape index (κ2) is 8.29. The molecule has 0 aliphatic carbocycles. The first kappa shape index (κ1) is 19.2. The summed E-state index contributed by atoms with van der Waals surface area (Å²) in [5, 5.41) is 19.1. The second-order valence-electron chi connectivity index (χ2n) is 7.03. The molecule has 0 spiro atoms. The molecule has 2 rings (SSSR count). The van der Waals surface area contributed by atoms with Crippen LogP contribution in [0.5, 0.6) is 0 Å². The molecule has 0 radical (unpaired) electrons. The molecule has 7 heteroatoms. The van der Waals surface area contributed by atoms with Crippen molar-refractivity contribution < 1.29 is 19.8 Å². The standard InChI is InChI=1S/C18H27N3O4/c1-12(2)10-14(16(22)18(24)25)17(23)21-9-8-20(11-13(21)3)15-6-4-5-7-19-15/h4-7,12-14,16,22H,8-11H2,1-3H3,(H,24,25)/t13-,14-,16-/m0/s1. The Labute approximate surface area is 148 Å². The van der Waals surface area contributed by atoms with E-state index in [1.807, 2.05) is 39.0 Å². The molecule has 0 aromatic carbocycles. The van der Waals surface area contributed by atoms with Crippen LogP contribution < -0.4 is 4.90 Å². The van der Waals surface area contributed by atoms with E-state index in [4.69, 9.17) is 5.11 Å². The van der Waals surface area contributed by atoms with Crippen molar-refractivity contribution in [2.45, 2.75) is 39.3 Å². The van der Waals surface area contributed by atoms with Crippen LogP contribution >= 0.6 is 0 Å². The van der Waals surface area contributed by atoms with Crippen LogP contribution in [0, 0.1) is 11.8 Å². The molecule has 1 amide bonds. The lowest BCUT2D eigenvalue weighted by Crippen LogP contribution is -2.57. The number of amides is 1. The highest BCUT2D eigenvalue weighted by molar-refractivity contribution is 5.86. The number of carbonyl (C=O) groups is 2. The van der Waals surface area contributed by atoms with Gasteiger partial charge in [0, 0.05) is 31.9 Å². The quantitative estimate of drug-likeness (QED) is 0.802. The van der Waals surface area contributed by atoms with Gasteiger partial charge in [-0.1, -0.05) is 19.9 Å². The van der Waals surface area contributed by atoms with E-state index < -0.39 is 18.0 Å². The number of carboxylic acid groups (broad SMARTS) is 1. The van der Waals surface area contributed by atoms with Gasteiger partial charge in [0.15, 0.2) is 6.10 Å². The molecular weight excluding hydrogens is 322 g/mol. The van der Waals surface area contributed by atoms with E-state index >= 15 is 0 Å². The Morgan fingerprint density at radius 3 is 2.56 bits per heavy atom. The van der Waals surface area contributed by atoms with Crippen molar-refractivity contribution in [1.82, 2.24) is 9.88 Å². The van der Waals surface area contributed by atoms with Crippen LogP contribution in [-0.4, -0.2) is 63.8 Å². The average Bonchev–Trinajstić information content (AvgIpc) is 2.59. The van der Waals surface area contributed by atoms with Crippen LogP contribution in [0.4, 0.5) is 5.82 Å². The number of anilines is 1. The second-order valence-corrected chi connectivity index (χ2v) is 7.03. The summed E-state index contributed by atoms with van der Waals surface area (Å²) in [5.41, 5.74) is 0. The van der Waals surface area contributed by atoms with Crippen LogP contribution in [0.1, 0.15) is 27.2 Å². The molecular formula is C18H27N3O4. The lowest BCUT2D eigenvalue weighted by Gasteiger charge is -2.42. The number of nitrogens with zero attached hydrogens (tertiary/aromatic N) is 3. The summed E-state index contributed by atoms with van der Waals surface area (Å²) in [7, 11) is 0. The third-order valence-electron chi connectivity index (χ3n) is 4.56. The molecule has 0 saturated carbocycles. The van der Waals surface area contributed by atoms with Gasteiger partial charge >= 0.3 is 5.97 Å². The van der Waals surface area contributed by atoms with Gasteiger partial charge in [-0.15, -0.1) is 0 Å². The van der Waals surface area contributed by atoms with Crippen LogP contribution in [-0.2, 0) is 9.59 Å². The molecule has 2 heterocycles. The molecule has 2 N–H and O–H groups in total. The fraction of sp³-hybridized carbons (Fsp3) is 0.611. The number of carbonyl (C=O) groups excluding carboxylic acids is 1. The zero-order chi connectivity index (χ0) is 18.6. The molecule has 1 fully saturated rings. The van der Waals surface area contributed by atoms with E-state index in [0.29, 0.717) is 26.1 Å². The molecule has 25 heavy (non-hydrogen) atoms. The maximum Gasteiger partial charge on any atom is 0.333 e. The maximum atomic E-state index is 12.9. The Morgan fingerprint density at radius 2 is 2.04 bits per heavy atom. The average molecular weight is 349 g/mol. The third kappa shape index (κ3) is 4.69. The maximum absolute atomic E-state index is 12.9. The Bertz CT molecular complexity index is 593. The normalized spacial score (nSPS) is 20.4. The number of hydrogen-bond acceptors (Lipinski definition) is 5. The molecule has 1 aliphatic heterocycles. The molecule has 1 aromatic heterocycles. The minimum absolute atomic E-state index is 0.0843. The van der Waals surface area contributed by atoms with Gasteiger partial charge in [0.05, 0.1) is 5.92 Å². The predicted octanol–water partition coefficient (Wildman–Crippen LogP) is 1.23. The Morgan fingerprint density at radius 1 is 1.32 bits per heavy atom. The van der Waals surface area contributed by atoms with Crippen molar-refractivity contribution in [2.75, 3.05) is 24.5 Å². The number of rotatable bonds is 6. The molecule has 1 aliphatic rings. The summed E-state index contributed by atoms with van der Waals surface area (Å²) >= 11 is 0. The molecule has 1 aromatic rings. The summed E-state index contributed by atoms with van der Waals surface area (Å²) < 4.78 is 0. The van der Waals surface area contributed by atoms with E-state index in [1.54, 1.807) is 11.1 Å². The minimum atomic E-state index is -1.67. The number of aliphatic hydroxyl groups is 1. The van der Waals surface area contributed by atoms with Crippen LogP contribution in [0.3, 0.4) is 0 Å². The highest BCUT2D eigenvalue weighted by atomic mass is 16.4. The van der Waals surface area contributed by atoms with E-state index in [9.17, 15) is 14.7 Å². The first-order valence-corrected chi connectivity index (χ1v) is 8.68. The number of piperazine rings is 1. The molecule has 138 valence electrons. The third-order valence-corrected chi connectivity index (χ3v) is 4.56. The summed E-state index contributed by atoms with van der Waals surface area (Å²) in [6.07, 6.45) is 0.412. The molecule has 3 atom stereocenters. The number of aliphatic carboxylic acids is 1. The predicted molar refractivity (Wildman–Crippen MR) is 94.2 cm³/mol. The first-order chi connectivity index (χ1) is 11.8. The molecule has 7 nitrogen and oxygen atoms in total. The zero-order valence-electron chi connectivity index (χ0n) is 15.0. The van der Waals surface area contributed by atoms with Crippen molar-refractivity contribution in [3.05, 3.63) is 24.4 Å². The van der Waals surface area contributed by atoms with Crippen molar-refractivity contribution in [3.8, 4) is 0 Å². The van der Waals surface area contributed by atoms with Gasteiger partial charge in [0.2, 0.25) is 5.91 Å². The van der Waals surface area contributed by atoms with E-state index in [2.05, 4.69) is 9.88 Å². The SMILES string of the molecule is CC(C)C[C@H](C(=O)N1CCN(c2ccccn2)C[C@@H]1C)[C@H](O)C(=O)O. The number of aliphatic hydroxyl groups excluding tert-OH is 1. The van der Waals surface area contributed by atoms with Gasteiger partial charge in [0.1, 0.15) is 5.82 Å². The fourth-order valence-corrected chi connectivity index (χ4v) is 3.29. The molecule has 0 unspecified atom stereocenters. The van der Waals surface area contributed by atoms with Crippen LogP contribution in [0.2, 0.25) is 0 Å². The minimum Gasteiger partial charge on any atom is -0.479 e. The van der Waals surface area contributed by atoms with E-state index in [1.165, 1.54) is 0 Å². The molecule has 0 bridgehead atoms. The summed E-state index contributed by atoms with van der Waals surface area (Å²) in [6.45, 7) is 7.50. The Balaban J connectivity index is 2.09. The number of pyridine rings is 1. The molecule has 1 saturated heterocycles.